The first-order valence-corrected chi connectivity index (χ1v) is 5.56. The number of ether oxygens (including phenoxy) is 2. The van der Waals surface area contributed by atoms with Crippen molar-refractivity contribution in [2.24, 2.45) is 0 Å². The number of aliphatic hydroxyl groups is 6. The minimum Gasteiger partial charge on any atom is -0.394 e. The highest BCUT2D eigenvalue weighted by atomic mass is 16.7. The molecule has 0 spiro atoms. The van der Waals surface area contributed by atoms with Gasteiger partial charge in [0.25, 0.3) is 0 Å². The van der Waals surface area contributed by atoms with E-state index >= 15 is 0 Å². The molecule has 0 bridgehead atoms. The van der Waals surface area contributed by atoms with Gasteiger partial charge in [-0.3, -0.25) is 0 Å². The summed E-state index contributed by atoms with van der Waals surface area (Å²) in [5, 5.41) is 54.3. The predicted octanol–water partition coefficient (Wildman–Crippen LogP) is -3.20. The van der Waals surface area contributed by atoms with Gasteiger partial charge in [-0.05, 0) is 6.92 Å². The molecule has 110 valence electrons. The Morgan fingerprint density at radius 2 is 1.28 bits per heavy atom. The highest BCUT2D eigenvalue weighted by molar-refractivity contribution is 4.77. The second-order valence-corrected chi connectivity index (χ2v) is 3.94. The molecule has 3 unspecified atom stereocenters. The maximum Gasteiger partial charge on any atom is 0.218 e. The zero-order valence-electron chi connectivity index (χ0n) is 10.3. The fourth-order valence-electron chi connectivity index (χ4n) is 1.09. The van der Waals surface area contributed by atoms with E-state index in [1.54, 1.807) is 0 Å². The number of aliphatic hydroxyl groups excluding tert-OH is 6. The Morgan fingerprint density at radius 1 is 0.889 bits per heavy atom. The van der Waals surface area contributed by atoms with Gasteiger partial charge in [-0.2, -0.15) is 0 Å². The fourth-order valence-corrected chi connectivity index (χ4v) is 1.09. The highest BCUT2D eigenvalue weighted by Gasteiger charge is 2.38. The second kappa shape index (κ2) is 8.73. The molecule has 0 amide bonds. The molecule has 0 rings (SSSR count). The molecule has 18 heavy (non-hydrogen) atoms. The van der Waals surface area contributed by atoms with E-state index in [1.807, 2.05) is 0 Å². The molecule has 0 aromatic carbocycles. The minimum absolute atomic E-state index is 0.364. The largest absolute Gasteiger partial charge is 0.394 e. The molecule has 0 aliphatic heterocycles. The van der Waals surface area contributed by atoms with Crippen LogP contribution in [0.4, 0.5) is 0 Å². The van der Waals surface area contributed by atoms with E-state index < -0.39 is 43.9 Å². The molecule has 0 fully saturated rings. The summed E-state index contributed by atoms with van der Waals surface area (Å²) in [7, 11) is 0. The summed E-state index contributed by atoms with van der Waals surface area (Å²) in [6.07, 6.45) is -3.61. The van der Waals surface area contributed by atoms with Crippen LogP contribution in [0.1, 0.15) is 6.92 Å². The van der Waals surface area contributed by atoms with Crippen LogP contribution in [0, 0.1) is 0 Å². The molecule has 3 atom stereocenters. The summed E-state index contributed by atoms with van der Waals surface area (Å²) < 4.78 is 10.1. The maximum absolute atomic E-state index is 9.54. The van der Waals surface area contributed by atoms with Crippen LogP contribution in [0.15, 0.2) is 0 Å². The average molecular weight is 270 g/mol. The van der Waals surface area contributed by atoms with Gasteiger partial charge in [-0.1, -0.05) is 0 Å². The van der Waals surface area contributed by atoms with Crippen molar-refractivity contribution in [2.45, 2.75) is 31.0 Å². The smallest absolute Gasteiger partial charge is 0.218 e. The normalized spacial score (nSPS) is 20.2. The van der Waals surface area contributed by atoms with Crippen molar-refractivity contribution in [1.29, 1.82) is 0 Å². The summed E-state index contributed by atoms with van der Waals surface area (Å²) in [4.78, 5) is 0. The van der Waals surface area contributed by atoms with Gasteiger partial charge >= 0.3 is 0 Å². The van der Waals surface area contributed by atoms with Crippen LogP contribution in [0.3, 0.4) is 0 Å². The highest BCUT2D eigenvalue weighted by Crippen LogP contribution is 2.19. The Labute approximate surface area is 105 Å². The summed E-state index contributed by atoms with van der Waals surface area (Å²) in [6.45, 7) is -1.23. The third-order valence-corrected chi connectivity index (χ3v) is 2.32. The average Bonchev–Trinajstić information content (AvgIpc) is 2.38. The predicted molar refractivity (Wildman–Crippen MR) is 59.6 cm³/mol. The van der Waals surface area contributed by atoms with E-state index in [0.717, 1.165) is 0 Å². The van der Waals surface area contributed by atoms with Crippen LogP contribution >= 0.6 is 0 Å². The number of rotatable bonds is 10. The first-order chi connectivity index (χ1) is 8.41. The molecule has 0 heterocycles. The molecular formula is C10H22O8. The SMILES string of the molecule is CC(O)C(CO)(OCC(O)CO)OCC(O)CO. The van der Waals surface area contributed by atoms with Gasteiger partial charge < -0.3 is 40.1 Å². The van der Waals surface area contributed by atoms with Crippen molar-refractivity contribution in [1.82, 2.24) is 0 Å². The van der Waals surface area contributed by atoms with Crippen molar-refractivity contribution >= 4 is 0 Å². The van der Waals surface area contributed by atoms with Crippen molar-refractivity contribution in [3.63, 3.8) is 0 Å². The number of hydrogen-bond donors (Lipinski definition) is 6. The van der Waals surface area contributed by atoms with E-state index in [2.05, 4.69) is 0 Å². The van der Waals surface area contributed by atoms with E-state index in [-0.39, 0.29) is 13.2 Å². The van der Waals surface area contributed by atoms with Crippen LogP contribution in [-0.4, -0.2) is 87.8 Å². The molecule has 0 aromatic heterocycles. The van der Waals surface area contributed by atoms with E-state index in [4.69, 9.17) is 29.9 Å². The second-order valence-electron chi connectivity index (χ2n) is 3.94. The molecule has 8 heteroatoms. The topological polar surface area (TPSA) is 140 Å². The standard InChI is InChI=1S/C10H22O8/c1-7(14)10(6-13,17-4-8(15)2-11)18-5-9(16)3-12/h7-9,11-16H,2-6H2,1H3. The molecule has 0 aromatic rings. The lowest BCUT2D eigenvalue weighted by Gasteiger charge is -2.35. The molecule has 0 radical (unpaired) electrons. The summed E-state index contributed by atoms with van der Waals surface area (Å²) in [5.74, 6) is -1.83. The summed E-state index contributed by atoms with van der Waals surface area (Å²) >= 11 is 0. The van der Waals surface area contributed by atoms with Crippen molar-refractivity contribution in [2.75, 3.05) is 33.0 Å². The zero-order chi connectivity index (χ0) is 14.2. The molecule has 8 nitrogen and oxygen atoms in total. The lowest BCUT2D eigenvalue weighted by molar-refractivity contribution is -0.307. The van der Waals surface area contributed by atoms with Gasteiger partial charge in [0.2, 0.25) is 5.79 Å². The van der Waals surface area contributed by atoms with Crippen LogP contribution < -0.4 is 0 Å². The van der Waals surface area contributed by atoms with Gasteiger partial charge in [0.15, 0.2) is 0 Å². The Kier molecular flexibility index (Phi) is 8.57. The quantitative estimate of drug-likeness (QED) is 0.228. The molecule has 0 saturated heterocycles. The number of hydrogen-bond acceptors (Lipinski definition) is 8. The van der Waals surface area contributed by atoms with Gasteiger partial charge in [0.05, 0.1) is 33.0 Å². The summed E-state index contributed by atoms with van der Waals surface area (Å²) in [5.41, 5.74) is 0. The molecule has 6 N–H and O–H groups in total. The maximum atomic E-state index is 9.54. The van der Waals surface area contributed by atoms with Gasteiger partial charge in [-0.25, -0.2) is 0 Å². The Morgan fingerprint density at radius 3 is 1.50 bits per heavy atom. The van der Waals surface area contributed by atoms with Gasteiger partial charge in [-0.15, -0.1) is 0 Å². The van der Waals surface area contributed by atoms with Crippen molar-refractivity contribution < 1.29 is 40.1 Å². The van der Waals surface area contributed by atoms with Crippen molar-refractivity contribution in [3.8, 4) is 0 Å². The van der Waals surface area contributed by atoms with Gasteiger partial charge in [0.1, 0.15) is 18.3 Å². The molecule has 0 aliphatic rings. The molecule has 0 aliphatic carbocycles. The lowest BCUT2D eigenvalue weighted by Crippen LogP contribution is -2.52. The molecule has 0 saturated carbocycles. The van der Waals surface area contributed by atoms with Crippen LogP contribution in [0.5, 0.6) is 0 Å². The third kappa shape index (κ3) is 5.55. The first kappa shape index (κ1) is 17.7. The van der Waals surface area contributed by atoms with E-state index in [0.29, 0.717) is 0 Å². The van der Waals surface area contributed by atoms with E-state index in [1.165, 1.54) is 6.92 Å². The van der Waals surface area contributed by atoms with E-state index in [9.17, 15) is 10.2 Å². The lowest BCUT2D eigenvalue weighted by atomic mass is 10.1. The van der Waals surface area contributed by atoms with Crippen LogP contribution in [0.25, 0.3) is 0 Å². The third-order valence-electron chi connectivity index (χ3n) is 2.32. The van der Waals surface area contributed by atoms with Crippen LogP contribution in [0.2, 0.25) is 0 Å². The Bertz CT molecular complexity index is 196. The Balaban J connectivity index is 4.50. The van der Waals surface area contributed by atoms with Crippen molar-refractivity contribution in [3.05, 3.63) is 0 Å². The molecular weight excluding hydrogens is 248 g/mol. The minimum atomic E-state index is -1.83. The zero-order valence-corrected chi connectivity index (χ0v) is 10.3. The first-order valence-electron chi connectivity index (χ1n) is 5.56. The summed E-state index contributed by atoms with van der Waals surface area (Å²) in [6, 6.07) is 0. The van der Waals surface area contributed by atoms with Gasteiger partial charge in [0, 0.05) is 0 Å². The fraction of sp³-hybridized carbons (Fsp3) is 1.00. The Hall–Kier alpha value is -0.320. The monoisotopic (exact) mass is 270 g/mol. The van der Waals surface area contributed by atoms with Crippen LogP contribution in [-0.2, 0) is 9.47 Å².